The Morgan fingerprint density at radius 3 is 2.08 bits per heavy atom. The van der Waals surface area contributed by atoms with Crippen LogP contribution in [-0.2, 0) is 14.6 Å². The third kappa shape index (κ3) is 4.55. The van der Waals surface area contributed by atoms with Crippen LogP contribution in [0.2, 0.25) is 0 Å². The number of hydrogen-bond donors (Lipinski definition) is 1. The first kappa shape index (κ1) is 17.9. The predicted molar refractivity (Wildman–Crippen MR) is 96.7 cm³/mol. The van der Waals surface area contributed by atoms with Gasteiger partial charge in [-0.3, -0.25) is 4.79 Å². The molecular formula is C19H21NO3S. The third-order valence-corrected chi connectivity index (χ3v) is 5.28. The van der Waals surface area contributed by atoms with Crippen molar-refractivity contribution in [3.8, 4) is 0 Å². The molecule has 0 unspecified atom stereocenters. The summed E-state index contributed by atoms with van der Waals surface area (Å²) in [5.41, 5.74) is 2.56. The molecule has 0 bridgehead atoms. The summed E-state index contributed by atoms with van der Waals surface area (Å²) in [5.74, 6) is -0.714. The maximum atomic E-state index is 12.6. The van der Waals surface area contributed by atoms with Gasteiger partial charge in [0.2, 0.25) is 0 Å². The number of sulfone groups is 1. The van der Waals surface area contributed by atoms with Crippen LogP contribution in [0.15, 0.2) is 70.6 Å². The fourth-order valence-corrected chi connectivity index (χ4v) is 3.70. The molecule has 2 rings (SSSR count). The van der Waals surface area contributed by atoms with Gasteiger partial charge in [0.1, 0.15) is 0 Å². The summed E-state index contributed by atoms with van der Waals surface area (Å²) in [7, 11) is -3.58. The fraction of sp³-hybridized carbons (Fsp3) is 0.211. The van der Waals surface area contributed by atoms with Crippen LogP contribution in [0, 0.1) is 6.92 Å². The average molecular weight is 343 g/mol. The van der Waals surface area contributed by atoms with E-state index in [2.05, 4.69) is 5.32 Å². The van der Waals surface area contributed by atoms with Crippen LogP contribution in [0.4, 0.5) is 5.69 Å². The molecule has 0 aliphatic heterocycles. The van der Waals surface area contributed by atoms with Crippen molar-refractivity contribution in [3.63, 3.8) is 0 Å². The van der Waals surface area contributed by atoms with Crippen LogP contribution in [0.25, 0.3) is 0 Å². The van der Waals surface area contributed by atoms with Gasteiger partial charge >= 0.3 is 0 Å². The highest BCUT2D eigenvalue weighted by atomic mass is 32.2. The number of rotatable bonds is 5. The van der Waals surface area contributed by atoms with E-state index in [1.807, 2.05) is 13.0 Å². The molecule has 1 amide bonds. The van der Waals surface area contributed by atoms with Crippen molar-refractivity contribution in [1.82, 2.24) is 0 Å². The van der Waals surface area contributed by atoms with E-state index in [0.29, 0.717) is 11.3 Å². The maximum absolute atomic E-state index is 12.6. The Balaban J connectivity index is 2.24. The van der Waals surface area contributed by atoms with Crippen molar-refractivity contribution in [1.29, 1.82) is 0 Å². The number of benzene rings is 2. The summed E-state index contributed by atoms with van der Waals surface area (Å²) >= 11 is 0. The van der Waals surface area contributed by atoms with Crippen molar-refractivity contribution < 1.29 is 13.2 Å². The Bertz CT molecular complexity index is 847. The molecule has 0 aliphatic carbocycles. The first-order chi connectivity index (χ1) is 11.3. The highest BCUT2D eigenvalue weighted by Crippen LogP contribution is 2.18. The summed E-state index contributed by atoms with van der Waals surface area (Å²) < 4.78 is 25.2. The normalized spacial score (nSPS) is 11.0. The van der Waals surface area contributed by atoms with E-state index in [0.717, 1.165) is 5.56 Å². The number of allylic oxidation sites excluding steroid dienone is 1. The molecule has 4 nitrogen and oxygen atoms in total. The van der Waals surface area contributed by atoms with Crippen LogP contribution in [0.3, 0.4) is 0 Å². The van der Waals surface area contributed by atoms with E-state index in [9.17, 15) is 13.2 Å². The van der Waals surface area contributed by atoms with Gasteiger partial charge in [0.15, 0.2) is 9.84 Å². The Morgan fingerprint density at radius 1 is 0.958 bits per heavy atom. The molecule has 0 atom stereocenters. The lowest BCUT2D eigenvalue weighted by Crippen LogP contribution is -2.22. The van der Waals surface area contributed by atoms with E-state index >= 15 is 0 Å². The topological polar surface area (TPSA) is 63.2 Å². The molecule has 0 fully saturated rings. The van der Waals surface area contributed by atoms with Gasteiger partial charge in [0.05, 0.1) is 10.6 Å². The van der Waals surface area contributed by atoms with Gasteiger partial charge in [0.25, 0.3) is 5.91 Å². The average Bonchev–Trinajstić information content (AvgIpc) is 2.53. The van der Waals surface area contributed by atoms with Gasteiger partial charge in [-0.2, -0.15) is 0 Å². The minimum atomic E-state index is -3.58. The lowest BCUT2D eigenvalue weighted by atomic mass is 10.1. The van der Waals surface area contributed by atoms with Gasteiger partial charge in [0, 0.05) is 11.3 Å². The Labute approximate surface area is 143 Å². The van der Waals surface area contributed by atoms with Gasteiger partial charge in [-0.05, 0) is 45.0 Å². The number of carbonyl (C=O) groups is 1. The number of carbonyl (C=O) groups excluding carboxylic acids is 1. The molecule has 0 saturated heterocycles. The summed E-state index contributed by atoms with van der Waals surface area (Å²) in [6.45, 7) is 5.38. The second-order valence-corrected chi connectivity index (χ2v) is 7.86. The highest BCUT2D eigenvalue weighted by molar-refractivity contribution is 7.91. The zero-order valence-corrected chi connectivity index (χ0v) is 14.9. The molecule has 0 aliphatic rings. The van der Waals surface area contributed by atoms with Gasteiger partial charge < -0.3 is 5.32 Å². The lowest BCUT2D eigenvalue weighted by Gasteiger charge is -2.12. The number of hydrogen-bond acceptors (Lipinski definition) is 3. The zero-order valence-electron chi connectivity index (χ0n) is 14.0. The van der Waals surface area contributed by atoms with Crippen LogP contribution in [0.1, 0.15) is 19.4 Å². The minimum Gasteiger partial charge on any atom is -0.322 e. The zero-order chi connectivity index (χ0) is 17.7. The summed E-state index contributed by atoms with van der Waals surface area (Å²) in [6, 6.07) is 15.6. The molecule has 2 aromatic rings. The Hall–Kier alpha value is -2.40. The van der Waals surface area contributed by atoms with Gasteiger partial charge in [-0.25, -0.2) is 8.42 Å². The van der Waals surface area contributed by atoms with E-state index in [-0.39, 0.29) is 16.2 Å². The van der Waals surface area contributed by atoms with Crippen molar-refractivity contribution in [2.75, 3.05) is 11.1 Å². The molecule has 1 N–H and O–H groups in total. The predicted octanol–water partition coefficient (Wildman–Crippen LogP) is 3.74. The SMILES string of the molecule is CC(C)=C(CS(=O)(=O)c1ccc(C)cc1)C(=O)Nc1ccccc1. The van der Waals surface area contributed by atoms with Crippen molar-refractivity contribution >= 4 is 21.4 Å². The number of amides is 1. The second-order valence-electron chi connectivity index (χ2n) is 5.87. The minimum absolute atomic E-state index is 0.222. The molecular weight excluding hydrogens is 322 g/mol. The fourth-order valence-electron chi connectivity index (χ4n) is 2.18. The van der Waals surface area contributed by atoms with Crippen LogP contribution < -0.4 is 5.32 Å². The van der Waals surface area contributed by atoms with E-state index in [1.165, 1.54) is 0 Å². The molecule has 0 heterocycles. The maximum Gasteiger partial charge on any atom is 0.252 e. The number of anilines is 1. The van der Waals surface area contributed by atoms with Crippen molar-refractivity contribution in [2.24, 2.45) is 0 Å². The summed E-state index contributed by atoms with van der Waals surface area (Å²) in [6.07, 6.45) is 0. The van der Waals surface area contributed by atoms with Crippen molar-refractivity contribution in [3.05, 3.63) is 71.3 Å². The standard InChI is InChI=1S/C19H21NO3S/c1-14(2)18(19(21)20-16-7-5-4-6-8-16)13-24(22,23)17-11-9-15(3)10-12-17/h4-12H,13H2,1-3H3,(H,20,21). The largest absolute Gasteiger partial charge is 0.322 e. The number of para-hydroxylation sites is 1. The molecule has 5 heteroatoms. The Morgan fingerprint density at radius 2 is 1.54 bits per heavy atom. The monoisotopic (exact) mass is 343 g/mol. The first-order valence-corrected chi connectivity index (χ1v) is 9.27. The molecule has 0 aromatic heterocycles. The molecule has 0 spiro atoms. The quantitative estimate of drug-likeness (QED) is 0.841. The summed E-state index contributed by atoms with van der Waals surface area (Å²) in [5, 5.41) is 2.75. The molecule has 2 aromatic carbocycles. The Kier molecular flexibility index (Phi) is 5.57. The van der Waals surface area contributed by atoms with E-state index < -0.39 is 15.7 Å². The molecule has 0 saturated carbocycles. The first-order valence-electron chi connectivity index (χ1n) is 7.62. The smallest absolute Gasteiger partial charge is 0.252 e. The second kappa shape index (κ2) is 7.45. The van der Waals surface area contributed by atoms with Crippen LogP contribution in [0.5, 0.6) is 0 Å². The number of nitrogens with one attached hydrogen (secondary N) is 1. The highest BCUT2D eigenvalue weighted by Gasteiger charge is 2.22. The van der Waals surface area contributed by atoms with Gasteiger partial charge in [-0.1, -0.05) is 41.5 Å². The third-order valence-electron chi connectivity index (χ3n) is 3.62. The number of aryl methyl sites for hydroxylation is 1. The van der Waals surface area contributed by atoms with Crippen LogP contribution >= 0.6 is 0 Å². The lowest BCUT2D eigenvalue weighted by molar-refractivity contribution is -0.112. The molecule has 126 valence electrons. The van der Waals surface area contributed by atoms with Crippen molar-refractivity contribution in [2.45, 2.75) is 25.7 Å². The van der Waals surface area contributed by atoms with Crippen LogP contribution in [-0.4, -0.2) is 20.1 Å². The summed E-state index contributed by atoms with van der Waals surface area (Å²) in [4.78, 5) is 12.7. The molecule has 24 heavy (non-hydrogen) atoms. The molecule has 0 radical (unpaired) electrons. The van der Waals surface area contributed by atoms with E-state index in [1.54, 1.807) is 62.4 Å². The van der Waals surface area contributed by atoms with Gasteiger partial charge in [-0.15, -0.1) is 0 Å². The van der Waals surface area contributed by atoms with E-state index in [4.69, 9.17) is 0 Å².